The van der Waals surface area contributed by atoms with Gasteiger partial charge in [0, 0.05) is 6.42 Å². The Morgan fingerprint density at radius 3 is 1.47 bits per heavy atom. The van der Waals surface area contributed by atoms with Crippen molar-refractivity contribution >= 4 is 11.9 Å². The number of carbonyl (C=O) groups is 2. The van der Waals surface area contributed by atoms with Crippen molar-refractivity contribution in [2.75, 3.05) is 0 Å². The Morgan fingerprint density at radius 1 is 0.700 bits per heavy atom. The standard InChI is InChI=1S/C20H22O10/c21-13-5-9(6-14(22)18(13)27)3-11(1-2-17(25)26)12(20(29)30)4-10-7-15(23)19(28)16(24)8-10/h5-8,11-12,21-24,27-28H,1-4H2,(H,25,26)(H,29,30)/t11-,12-/m0/s1. The smallest absolute Gasteiger partial charge is 0.307 e. The van der Waals surface area contributed by atoms with E-state index < -0.39 is 58.3 Å². The predicted octanol–water partition coefficient (Wildman–Crippen LogP) is 1.89. The molecule has 2 atom stereocenters. The first-order chi connectivity index (χ1) is 14.0. The number of hydrogen-bond acceptors (Lipinski definition) is 8. The number of aromatic hydroxyl groups is 6. The average molecular weight is 422 g/mol. The van der Waals surface area contributed by atoms with Gasteiger partial charge in [0.05, 0.1) is 5.92 Å². The number of benzene rings is 2. The second kappa shape index (κ2) is 9.12. The summed E-state index contributed by atoms with van der Waals surface area (Å²) in [5, 5.41) is 76.3. The van der Waals surface area contributed by atoms with E-state index in [1.54, 1.807) is 0 Å². The molecule has 0 fully saturated rings. The molecule has 0 saturated heterocycles. The van der Waals surface area contributed by atoms with Crippen LogP contribution in [0.15, 0.2) is 24.3 Å². The van der Waals surface area contributed by atoms with Crippen molar-refractivity contribution in [3.8, 4) is 34.5 Å². The Balaban J connectivity index is 2.37. The minimum absolute atomic E-state index is 0.0400. The van der Waals surface area contributed by atoms with Crippen LogP contribution in [-0.4, -0.2) is 52.8 Å². The van der Waals surface area contributed by atoms with Crippen LogP contribution < -0.4 is 0 Å². The largest absolute Gasteiger partial charge is 0.504 e. The Labute approximate surface area is 170 Å². The molecule has 2 aromatic rings. The third kappa shape index (κ3) is 5.37. The van der Waals surface area contributed by atoms with E-state index in [0.29, 0.717) is 0 Å². The summed E-state index contributed by atoms with van der Waals surface area (Å²) in [5.74, 6) is -8.30. The van der Waals surface area contributed by atoms with Crippen molar-refractivity contribution in [2.24, 2.45) is 11.8 Å². The second-order valence-corrected chi connectivity index (χ2v) is 7.01. The zero-order valence-corrected chi connectivity index (χ0v) is 15.7. The van der Waals surface area contributed by atoms with Gasteiger partial charge in [0.1, 0.15) is 0 Å². The molecule has 0 aliphatic heterocycles. The summed E-state index contributed by atoms with van der Waals surface area (Å²) in [5.41, 5.74) is 0.479. The molecule has 0 aliphatic carbocycles. The van der Waals surface area contributed by atoms with Gasteiger partial charge in [-0.2, -0.15) is 0 Å². The van der Waals surface area contributed by atoms with Crippen LogP contribution >= 0.6 is 0 Å². The molecule has 0 bridgehead atoms. The molecule has 0 saturated carbocycles. The van der Waals surface area contributed by atoms with Gasteiger partial charge in [0.2, 0.25) is 0 Å². The highest BCUT2D eigenvalue weighted by Gasteiger charge is 2.30. The van der Waals surface area contributed by atoms with Crippen LogP contribution in [-0.2, 0) is 22.4 Å². The quantitative estimate of drug-likeness (QED) is 0.276. The van der Waals surface area contributed by atoms with Gasteiger partial charge in [-0.05, 0) is 60.6 Å². The molecular formula is C20H22O10. The van der Waals surface area contributed by atoms with Crippen molar-refractivity contribution in [3.05, 3.63) is 35.4 Å². The third-order valence-corrected chi connectivity index (χ3v) is 4.83. The molecule has 10 heteroatoms. The Hall–Kier alpha value is -3.82. The third-order valence-electron chi connectivity index (χ3n) is 4.83. The minimum Gasteiger partial charge on any atom is -0.504 e. The summed E-state index contributed by atoms with van der Waals surface area (Å²) >= 11 is 0. The van der Waals surface area contributed by atoms with Gasteiger partial charge in [0.15, 0.2) is 34.5 Å². The molecule has 162 valence electrons. The Kier molecular flexibility index (Phi) is 6.83. The van der Waals surface area contributed by atoms with Gasteiger partial charge in [0.25, 0.3) is 0 Å². The molecule has 0 spiro atoms. The van der Waals surface area contributed by atoms with Gasteiger partial charge < -0.3 is 40.9 Å². The monoisotopic (exact) mass is 422 g/mol. The normalized spacial score (nSPS) is 12.9. The van der Waals surface area contributed by atoms with Crippen LogP contribution in [0.5, 0.6) is 34.5 Å². The summed E-state index contributed by atoms with van der Waals surface area (Å²) in [6.45, 7) is 0. The summed E-state index contributed by atoms with van der Waals surface area (Å²) in [7, 11) is 0. The van der Waals surface area contributed by atoms with E-state index in [2.05, 4.69) is 0 Å². The number of phenols is 6. The molecule has 10 nitrogen and oxygen atoms in total. The lowest BCUT2D eigenvalue weighted by atomic mass is 9.80. The van der Waals surface area contributed by atoms with Gasteiger partial charge in [-0.25, -0.2) is 0 Å². The van der Waals surface area contributed by atoms with E-state index in [9.17, 15) is 45.3 Å². The number of aliphatic carboxylic acids is 2. The summed E-state index contributed by atoms with van der Waals surface area (Å²) in [6, 6.07) is 4.47. The van der Waals surface area contributed by atoms with Gasteiger partial charge >= 0.3 is 11.9 Å². The topological polar surface area (TPSA) is 196 Å². The van der Waals surface area contributed by atoms with Crippen LogP contribution in [0.1, 0.15) is 24.0 Å². The number of carboxylic acids is 2. The highest BCUT2D eigenvalue weighted by atomic mass is 16.4. The summed E-state index contributed by atoms with van der Waals surface area (Å²) in [4.78, 5) is 23.0. The second-order valence-electron chi connectivity index (χ2n) is 7.01. The fraction of sp³-hybridized carbons (Fsp3) is 0.300. The van der Waals surface area contributed by atoms with E-state index in [1.165, 1.54) is 0 Å². The van der Waals surface area contributed by atoms with Gasteiger partial charge in [-0.15, -0.1) is 0 Å². The highest BCUT2D eigenvalue weighted by molar-refractivity contribution is 5.71. The fourth-order valence-electron chi connectivity index (χ4n) is 3.32. The molecule has 0 radical (unpaired) electrons. The fourth-order valence-corrected chi connectivity index (χ4v) is 3.32. The van der Waals surface area contributed by atoms with Crippen molar-refractivity contribution in [3.63, 3.8) is 0 Å². The molecule has 0 aromatic heterocycles. The highest BCUT2D eigenvalue weighted by Crippen LogP contribution is 2.39. The molecule has 0 amide bonds. The Morgan fingerprint density at radius 2 is 1.10 bits per heavy atom. The molecule has 2 aromatic carbocycles. The zero-order chi connectivity index (χ0) is 22.6. The first-order valence-electron chi connectivity index (χ1n) is 8.91. The number of phenolic OH excluding ortho intramolecular Hbond substituents is 6. The molecule has 0 heterocycles. The van der Waals surface area contributed by atoms with Crippen LogP contribution in [0, 0.1) is 11.8 Å². The van der Waals surface area contributed by atoms with Crippen molar-refractivity contribution in [1.82, 2.24) is 0 Å². The lowest BCUT2D eigenvalue weighted by Gasteiger charge is -2.24. The lowest BCUT2D eigenvalue weighted by Crippen LogP contribution is -2.28. The van der Waals surface area contributed by atoms with Crippen molar-refractivity contribution in [2.45, 2.75) is 25.7 Å². The first-order valence-corrected chi connectivity index (χ1v) is 8.91. The lowest BCUT2D eigenvalue weighted by molar-refractivity contribution is -0.145. The average Bonchev–Trinajstić information content (AvgIpc) is 2.65. The van der Waals surface area contributed by atoms with Gasteiger partial charge in [-0.3, -0.25) is 9.59 Å². The Bertz CT molecular complexity index is 907. The molecule has 0 unspecified atom stereocenters. The summed E-state index contributed by atoms with van der Waals surface area (Å²) in [6.07, 6.45) is -0.625. The molecule has 30 heavy (non-hydrogen) atoms. The van der Waals surface area contributed by atoms with E-state index in [1.807, 2.05) is 0 Å². The van der Waals surface area contributed by atoms with Crippen LogP contribution in [0.2, 0.25) is 0 Å². The minimum atomic E-state index is -1.26. The number of hydrogen-bond donors (Lipinski definition) is 8. The van der Waals surface area contributed by atoms with Gasteiger partial charge in [-0.1, -0.05) is 0 Å². The zero-order valence-electron chi connectivity index (χ0n) is 15.7. The van der Waals surface area contributed by atoms with Crippen LogP contribution in [0.25, 0.3) is 0 Å². The maximum atomic E-state index is 11.9. The first kappa shape index (κ1) is 22.5. The molecular weight excluding hydrogens is 400 g/mol. The maximum absolute atomic E-state index is 11.9. The number of carboxylic acid groups (broad SMARTS) is 2. The van der Waals surface area contributed by atoms with Crippen molar-refractivity contribution in [1.29, 1.82) is 0 Å². The van der Waals surface area contributed by atoms with E-state index >= 15 is 0 Å². The summed E-state index contributed by atoms with van der Waals surface area (Å²) < 4.78 is 0. The van der Waals surface area contributed by atoms with E-state index in [0.717, 1.165) is 24.3 Å². The molecule has 0 aliphatic rings. The maximum Gasteiger partial charge on any atom is 0.307 e. The van der Waals surface area contributed by atoms with Crippen molar-refractivity contribution < 1.29 is 50.4 Å². The predicted molar refractivity (Wildman–Crippen MR) is 102 cm³/mol. The molecule has 8 N–H and O–H groups in total. The van der Waals surface area contributed by atoms with E-state index in [4.69, 9.17) is 5.11 Å². The van der Waals surface area contributed by atoms with Crippen LogP contribution in [0.4, 0.5) is 0 Å². The SMILES string of the molecule is O=C(O)CC[C@@H](Cc1cc(O)c(O)c(O)c1)[C@H](Cc1cc(O)c(O)c(O)c1)C(=O)O. The molecule has 2 rings (SSSR count). The van der Waals surface area contributed by atoms with E-state index in [-0.39, 0.29) is 36.8 Å². The number of rotatable bonds is 9. The van der Waals surface area contributed by atoms with Crippen LogP contribution in [0.3, 0.4) is 0 Å².